The minimum absolute atomic E-state index is 0.230. The summed E-state index contributed by atoms with van der Waals surface area (Å²) in [7, 11) is 0. The van der Waals surface area contributed by atoms with Gasteiger partial charge in [0, 0.05) is 9.90 Å². The Morgan fingerprint density at radius 1 is 1.15 bits per heavy atom. The van der Waals surface area contributed by atoms with Crippen LogP contribution in [0.15, 0.2) is 52.1 Å². The van der Waals surface area contributed by atoms with E-state index in [0.717, 1.165) is 9.90 Å². The van der Waals surface area contributed by atoms with Gasteiger partial charge in [0.05, 0.1) is 28.8 Å². The number of thioether (sulfide) groups is 1. The van der Waals surface area contributed by atoms with Gasteiger partial charge in [0.2, 0.25) is 11.8 Å². The highest BCUT2D eigenvalue weighted by Crippen LogP contribution is 2.54. The first-order valence-corrected chi connectivity index (χ1v) is 10.6. The second-order valence-electron chi connectivity index (χ2n) is 6.25. The van der Waals surface area contributed by atoms with E-state index in [-0.39, 0.29) is 17.7 Å². The highest BCUT2D eigenvalue weighted by atomic mass is 35.5. The molecule has 2 aliphatic heterocycles. The van der Waals surface area contributed by atoms with E-state index in [0.29, 0.717) is 20.4 Å². The molecule has 0 radical (unpaired) electrons. The Bertz CT molecular complexity index is 1100. The SMILES string of the molecule is O=C1C2Sc3[nH]c(=S)sc3C(c3ccco3)C2C(=O)N1c1ccc(Cl)cc1. The van der Waals surface area contributed by atoms with Crippen LogP contribution < -0.4 is 4.90 Å². The molecule has 1 saturated heterocycles. The maximum Gasteiger partial charge on any atom is 0.248 e. The van der Waals surface area contributed by atoms with Crippen LogP contribution in [0, 0.1) is 9.87 Å². The largest absolute Gasteiger partial charge is 0.469 e. The number of carbonyl (C=O) groups excluding carboxylic acids is 2. The first-order valence-electron chi connectivity index (χ1n) is 8.11. The molecule has 3 unspecified atom stereocenters. The maximum absolute atomic E-state index is 13.3. The van der Waals surface area contributed by atoms with Crippen LogP contribution in [0.3, 0.4) is 0 Å². The lowest BCUT2D eigenvalue weighted by Gasteiger charge is -2.27. The third-order valence-corrected chi connectivity index (χ3v) is 7.76. The molecule has 5 rings (SSSR count). The Kier molecular flexibility index (Phi) is 4.05. The summed E-state index contributed by atoms with van der Waals surface area (Å²) in [5.41, 5.74) is 0.527. The van der Waals surface area contributed by atoms with Gasteiger partial charge in [-0.25, -0.2) is 4.90 Å². The molecule has 27 heavy (non-hydrogen) atoms. The van der Waals surface area contributed by atoms with Gasteiger partial charge in [0.25, 0.3) is 0 Å². The Hall–Kier alpha value is -1.87. The molecule has 0 bridgehead atoms. The van der Waals surface area contributed by atoms with E-state index >= 15 is 0 Å². The number of amides is 2. The van der Waals surface area contributed by atoms with Gasteiger partial charge in [-0.3, -0.25) is 9.59 Å². The second kappa shape index (κ2) is 6.34. The third kappa shape index (κ3) is 2.62. The molecule has 0 aliphatic carbocycles. The van der Waals surface area contributed by atoms with E-state index in [9.17, 15) is 9.59 Å². The van der Waals surface area contributed by atoms with Gasteiger partial charge >= 0.3 is 0 Å². The monoisotopic (exact) mass is 434 g/mol. The molecule has 2 aromatic heterocycles. The average molecular weight is 435 g/mol. The number of furan rings is 1. The van der Waals surface area contributed by atoms with Crippen molar-refractivity contribution in [2.24, 2.45) is 5.92 Å². The number of fused-ring (bicyclic) bond motifs is 2. The Morgan fingerprint density at radius 3 is 2.63 bits per heavy atom. The molecule has 2 amide bonds. The Balaban J connectivity index is 1.64. The molecule has 3 atom stereocenters. The summed E-state index contributed by atoms with van der Waals surface area (Å²) in [4.78, 5) is 31.9. The molecule has 2 aliphatic rings. The van der Waals surface area contributed by atoms with Crippen LogP contribution in [-0.4, -0.2) is 22.0 Å². The summed E-state index contributed by atoms with van der Waals surface area (Å²) in [6.45, 7) is 0. The van der Waals surface area contributed by atoms with Crippen LogP contribution in [0.1, 0.15) is 16.6 Å². The molecule has 136 valence electrons. The number of imide groups is 1. The number of nitrogens with one attached hydrogen (secondary N) is 1. The van der Waals surface area contributed by atoms with Gasteiger partial charge in [-0.05, 0) is 48.6 Å². The first kappa shape index (κ1) is 17.2. The lowest BCUT2D eigenvalue weighted by atomic mass is 9.87. The molecule has 1 aromatic carbocycles. The number of thiazole rings is 1. The van der Waals surface area contributed by atoms with Crippen LogP contribution >= 0.6 is 46.9 Å². The molecule has 1 N–H and O–H groups in total. The third-order valence-electron chi connectivity index (χ3n) is 4.76. The second-order valence-corrected chi connectivity index (χ2v) is 9.56. The van der Waals surface area contributed by atoms with Crippen LogP contribution in [0.25, 0.3) is 0 Å². The lowest BCUT2D eigenvalue weighted by molar-refractivity contribution is -0.122. The number of rotatable bonds is 2. The molecule has 3 aromatic rings. The van der Waals surface area contributed by atoms with Crippen molar-refractivity contribution in [3.8, 4) is 0 Å². The minimum atomic E-state index is -0.543. The van der Waals surface area contributed by atoms with E-state index in [4.69, 9.17) is 28.2 Å². The summed E-state index contributed by atoms with van der Waals surface area (Å²) in [6.07, 6.45) is 1.58. The smallest absolute Gasteiger partial charge is 0.248 e. The quantitative estimate of drug-likeness (QED) is 0.461. The first-order chi connectivity index (χ1) is 13.0. The van der Waals surface area contributed by atoms with Crippen LogP contribution in [0.2, 0.25) is 5.02 Å². The Morgan fingerprint density at radius 2 is 1.93 bits per heavy atom. The van der Waals surface area contributed by atoms with Crippen molar-refractivity contribution in [2.75, 3.05) is 4.90 Å². The molecule has 5 nitrogen and oxygen atoms in total. The van der Waals surface area contributed by atoms with Gasteiger partial charge in [-0.1, -0.05) is 23.4 Å². The molecule has 1 fully saturated rings. The van der Waals surface area contributed by atoms with E-state index in [1.807, 2.05) is 6.07 Å². The van der Waals surface area contributed by atoms with E-state index < -0.39 is 11.2 Å². The van der Waals surface area contributed by atoms with E-state index in [2.05, 4.69) is 4.98 Å². The normalized spacial score (nSPS) is 24.2. The zero-order valence-corrected chi connectivity index (χ0v) is 16.8. The minimum Gasteiger partial charge on any atom is -0.469 e. The summed E-state index contributed by atoms with van der Waals surface area (Å²) >= 11 is 14.0. The predicted molar refractivity (Wildman–Crippen MR) is 107 cm³/mol. The van der Waals surface area contributed by atoms with Crippen LogP contribution in [0.4, 0.5) is 5.69 Å². The van der Waals surface area contributed by atoms with E-state index in [1.54, 1.807) is 36.6 Å². The van der Waals surface area contributed by atoms with Crippen molar-refractivity contribution in [3.05, 3.63) is 62.3 Å². The predicted octanol–water partition coefficient (Wildman–Crippen LogP) is 4.85. The van der Waals surface area contributed by atoms with Crippen LogP contribution in [0.5, 0.6) is 0 Å². The fraction of sp³-hybridized carbons (Fsp3) is 0.167. The van der Waals surface area contributed by atoms with Crippen molar-refractivity contribution < 1.29 is 14.0 Å². The van der Waals surface area contributed by atoms with Crippen molar-refractivity contribution >= 4 is 64.4 Å². The van der Waals surface area contributed by atoms with Gasteiger partial charge in [-0.2, -0.15) is 0 Å². The van der Waals surface area contributed by atoms with Crippen molar-refractivity contribution in [3.63, 3.8) is 0 Å². The number of anilines is 1. The van der Waals surface area contributed by atoms with E-state index in [1.165, 1.54) is 28.0 Å². The lowest BCUT2D eigenvalue weighted by Crippen LogP contribution is -2.32. The van der Waals surface area contributed by atoms with Gasteiger partial charge in [-0.15, -0.1) is 11.3 Å². The molecular weight excluding hydrogens is 424 g/mol. The average Bonchev–Trinajstić information content (AvgIpc) is 3.34. The Labute approximate surface area is 172 Å². The number of benzene rings is 1. The number of aromatic nitrogens is 1. The summed E-state index contributed by atoms with van der Waals surface area (Å²) in [6, 6.07) is 10.3. The molecule has 0 saturated carbocycles. The summed E-state index contributed by atoms with van der Waals surface area (Å²) in [5.74, 6) is -0.682. The number of aromatic amines is 1. The molecule has 0 spiro atoms. The number of nitrogens with zero attached hydrogens (tertiary/aromatic N) is 1. The zero-order valence-electron chi connectivity index (χ0n) is 13.5. The van der Waals surface area contributed by atoms with Crippen molar-refractivity contribution in [1.82, 2.24) is 4.98 Å². The highest BCUT2D eigenvalue weighted by Gasteiger charge is 2.57. The fourth-order valence-corrected chi connectivity index (χ4v) is 6.70. The summed E-state index contributed by atoms with van der Waals surface area (Å²) in [5, 5.41) is 0.857. The van der Waals surface area contributed by atoms with Crippen LogP contribution in [-0.2, 0) is 9.59 Å². The van der Waals surface area contributed by atoms with Crippen molar-refractivity contribution in [2.45, 2.75) is 16.2 Å². The molecule has 9 heteroatoms. The number of hydrogen-bond acceptors (Lipinski definition) is 6. The highest BCUT2D eigenvalue weighted by molar-refractivity contribution is 8.01. The van der Waals surface area contributed by atoms with Crippen molar-refractivity contribution in [1.29, 1.82) is 0 Å². The number of halogens is 1. The molecule has 4 heterocycles. The molecular formula is C18H11ClN2O3S3. The number of H-pyrrole nitrogens is 1. The van der Waals surface area contributed by atoms with Gasteiger partial charge in [0.1, 0.15) is 11.0 Å². The fourth-order valence-electron chi connectivity index (χ4n) is 3.64. The van der Waals surface area contributed by atoms with Gasteiger partial charge < -0.3 is 9.40 Å². The number of hydrogen-bond donors (Lipinski definition) is 1. The zero-order chi connectivity index (χ0) is 18.7. The standard InChI is InChI=1S/C18H11ClN2O3S3/c19-8-3-5-9(6-4-8)21-16(22)12-11(10-2-1-7-24-10)13-15(20-18(25)27-13)26-14(12)17(21)23/h1-7,11-12,14H,(H,20,25). The summed E-state index contributed by atoms with van der Waals surface area (Å²) < 4.78 is 6.26. The topological polar surface area (TPSA) is 66.3 Å². The maximum atomic E-state index is 13.3. The van der Waals surface area contributed by atoms with Gasteiger partial charge in [0.15, 0.2) is 3.95 Å². The number of carbonyl (C=O) groups is 2.